The number of hydrogen-bond acceptors (Lipinski definition) is 6. The molecule has 1 atom stereocenters. The summed E-state index contributed by atoms with van der Waals surface area (Å²) >= 11 is 6.79. The zero-order chi connectivity index (χ0) is 31.9. The maximum absolute atomic E-state index is 13.7. The zero-order valence-corrected chi connectivity index (χ0v) is 27.6. The lowest BCUT2D eigenvalue weighted by Gasteiger charge is -2.25. The van der Waals surface area contributed by atoms with Crippen LogP contribution in [-0.4, -0.2) is 58.3 Å². The number of esters is 1. The van der Waals surface area contributed by atoms with Crippen LogP contribution in [0.4, 0.5) is 0 Å². The minimum atomic E-state index is -0.567. The Morgan fingerprint density at radius 1 is 1.11 bits per heavy atom. The molecule has 1 aliphatic rings. The van der Waals surface area contributed by atoms with Gasteiger partial charge in [-0.15, -0.1) is 5.10 Å². The number of aromatic nitrogens is 6. The molecule has 0 N–H and O–H groups in total. The molecule has 1 fully saturated rings. The monoisotopic (exact) mass is 619 g/mol. The number of carbonyl (C=O) groups is 2. The van der Waals surface area contributed by atoms with Crippen molar-refractivity contribution in [3.8, 4) is 5.69 Å². The Morgan fingerprint density at radius 2 is 1.82 bits per heavy atom. The Balaban J connectivity index is 1.29. The second-order valence-corrected chi connectivity index (χ2v) is 13.5. The van der Waals surface area contributed by atoms with Crippen LogP contribution in [0.1, 0.15) is 103 Å². The SMILES string of the molecule is Cc1nn(CC(C)C)c(Cl)c1C1CCCN1C(=O)c1ccc(-n2cc(Cn3c(C)cc(C(=O)OC(C)(C)C)c3C)nn2)cc1. The van der Waals surface area contributed by atoms with Gasteiger partial charge in [0.15, 0.2) is 0 Å². The van der Waals surface area contributed by atoms with E-state index in [1.807, 2.05) is 92.2 Å². The molecule has 0 aliphatic carbocycles. The highest BCUT2D eigenvalue weighted by Crippen LogP contribution is 2.39. The summed E-state index contributed by atoms with van der Waals surface area (Å²) in [6, 6.07) is 9.17. The van der Waals surface area contributed by atoms with Gasteiger partial charge < -0.3 is 14.2 Å². The average Bonchev–Trinajstić information content (AvgIpc) is 3.72. The van der Waals surface area contributed by atoms with E-state index in [1.165, 1.54) is 0 Å². The number of rotatable bonds is 8. The zero-order valence-electron chi connectivity index (χ0n) is 26.9. The van der Waals surface area contributed by atoms with Crippen molar-refractivity contribution >= 4 is 23.5 Å². The number of ether oxygens (including phenoxy) is 1. The molecule has 0 radical (unpaired) electrons. The molecule has 11 heteroatoms. The molecule has 5 rings (SSSR count). The largest absolute Gasteiger partial charge is 0.456 e. The van der Waals surface area contributed by atoms with Gasteiger partial charge in [-0.2, -0.15) is 5.10 Å². The summed E-state index contributed by atoms with van der Waals surface area (Å²) < 4.78 is 11.2. The van der Waals surface area contributed by atoms with Crippen LogP contribution in [0.2, 0.25) is 5.15 Å². The third-order valence-electron chi connectivity index (χ3n) is 7.93. The van der Waals surface area contributed by atoms with Crippen molar-refractivity contribution in [2.45, 2.75) is 93.0 Å². The van der Waals surface area contributed by atoms with E-state index in [2.05, 4.69) is 29.3 Å². The Kier molecular flexibility index (Phi) is 8.75. The fraction of sp³-hybridized carbons (Fsp3) is 0.485. The Hall–Kier alpha value is -3.92. The number of halogens is 1. The number of likely N-dealkylation sites (tertiary alicyclic amines) is 1. The van der Waals surface area contributed by atoms with Crippen molar-refractivity contribution < 1.29 is 14.3 Å². The Labute approximate surface area is 263 Å². The normalized spacial score (nSPS) is 15.4. The van der Waals surface area contributed by atoms with E-state index in [4.69, 9.17) is 16.3 Å². The van der Waals surface area contributed by atoms with Gasteiger partial charge in [-0.1, -0.05) is 30.7 Å². The van der Waals surface area contributed by atoms with Gasteiger partial charge in [0, 0.05) is 35.6 Å². The summed E-state index contributed by atoms with van der Waals surface area (Å²) in [5.41, 5.74) is 5.71. The first-order valence-electron chi connectivity index (χ1n) is 15.2. The Morgan fingerprint density at radius 3 is 2.48 bits per heavy atom. The van der Waals surface area contributed by atoms with E-state index >= 15 is 0 Å². The summed E-state index contributed by atoms with van der Waals surface area (Å²) in [5.74, 6) is 0.0549. The molecule has 1 unspecified atom stereocenters. The molecular weight excluding hydrogens is 578 g/mol. The molecule has 0 spiro atoms. The molecule has 3 aromatic heterocycles. The second-order valence-electron chi connectivity index (χ2n) is 13.1. The van der Waals surface area contributed by atoms with Crippen molar-refractivity contribution in [3.63, 3.8) is 0 Å². The predicted molar refractivity (Wildman–Crippen MR) is 169 cm³/mol. The van der Waals surface area contributed by atoms with Crippen molar-refractivity contribution in [2.75, 3.05) is 6.54 Å². The summed E-state index contributed by atoms with van der Waals surface area (Å²) in [6.45, 7) is 17.6. The third-order valence-corrected chi connectivity index (χ3v) is 8.33. The number of aryl methyl sites for hydroxylation is 2. The van der Waals surface area contributed by atoms with Gasteiger partial charge in [-0.05, 0) is 90.6 Å². The highest BCUT2D eigenvalue weighted by Gasteiger charge is 2.35. The molecule has 1 amide bonds. The van der Waals surface area contributed by atoms with E-state index < -0.39 is 5.60 Å². The third kappa shape index (κ3) is 6.45. The maximum atomic E-state index is 13.7. The molecule has 1 aliphatic heterocycles. The lowest BCUT2D eigenvalue weighted by molar-refractivity contribution is 0.00684. The minimum absolute atomic E-state index is 0.0234. The van der Waals surface area contributed by atoms with Crippen LogP contribution < -0.4 is 0 Å². The van der Waals surface area contributed by atoms with Crippen LogP contribution in [0.25, 0.3) is 5.69 Å². The fourth-order valence-electron chi connectivity index (χ4n) is 5.89. The highest BCUT2D eigenvalue weighted by atomic mass is 35.5. The lowest BCUT2D eigenvalue weighted by Crippen LogP contribution is -2.30. The van der Waals surface area contributed by atoms with Gasteiger partial charge in [0.25, 0.3) is 5.91 Å². The van der Waals surface area contributed by atoms with Gasteiger partial charge in [0.1, 0.15) is 16.4 Å². The van der Waals surface area contributed by atoms with Crippen molar-refractivity contribution in [3.05, 3.63) is 81.1 Å². The van der Waals surface area contributed by atoms with E-state index in [0.717, 1.165) is 53.4 Å². The Bertz CT molecular complexity index is 1670. The van der Waals surface area contributed by atoms with Crippen LogP contribution in [0.5, 0.6) is 0 Å². The van der Waals surface area contributed by atoms with Crippen LogP contribution in [0, 0.1) is 26.7 Å². The van der Waals surface area contributed by atoms with Gasteiger partial charge in [0.05, 0.1) is 35.7 Å². The number of carbonyl (C=O) groups excluding carboxylic acids is 2. The molecule has 10 nitrogen and oxygen atoms in total. The first kappa shape index (κ1) is 31.5. The van der Waals surface area contributed by atoms with Gasteiger partial charge in [-0.3, -0.25) is 9.48 Å². The molecule has 0 saturated carbocycles. The van der Waals surface area contributed by atoms with Crippen molar-refractivity contribution in [1.29, 1.82) is 0 Å². The number of amides is 1. The maximum Gasteiger partial charge on any atom is 0.340 e. The summed E-state index contributed by atoms with van der Waals surface area (Å²) in [5, 5.41) is 14.0. The van der Waals surface area contributed by atoms with Crippen LogP contribution in [0.3, 0.4) is 0 Å². The summed E-state index contributed by atoms with van der Waals surface area (Å²) in [6.07, 6.45) is 3.64. The molecule has 44 heavy (non-hydrogen) atoms. The molecule has 4 aromatic rings. The van der Waals surface area contributed by atoms with E-state index in [0.29, 0.717) is 35.3 Å². The average molecular weight is 620 g/mol. The molecule has 1 aromatic carbocycles. The second kappa shape index (κ2) is 12.2. The predicted octanol–water partition coefficient (Wildman–Crippen LogP) is 6.48. The van der Waals surface area contributed by atoms with E-state index in [9.17, 15) is 9.59 Å². The lowest BCUT2D eigenvalue weighted by atomic mass is 10.0. The molecule has 0 bridgehead atoms. The van der Waals surface area contributed by atoms with Gasteiger partial charge in [-0.25, -0.2) is 9.48 Å². The van der Waals surface area contributed by atoms with E-state index in [-0.39, 0.29) is 17.9 Å². The molecule has 234 valence electrons. The van der Waals surface area contributed by atoms with Crippen molar-refractivity contribution in [2.24, 2.45) is 5.92 Å². The van der Waals surface area contributed by atoms with Crippen molar-refractivity contribution in [1.82, 2.24) is 34.2 Å². The minimum Gasteiger partial charge on any atom is -0.456 e. The summed E-state index contributed by atoms with van der Waals surface area (Å²) in [7, 11) is 0. The van der Waals surface area contributed by atoms with Crippen LogP contribution >= 0.6 is 11.6 Å². The fourth-order valence-corrected chi connectivity index (χ4v) is 6.26. The first-order valence-corrected chi connectivity index (χ1v) is 15.6. The van der Waals surface area contributed by atoms with Gasteiger partial charge in [0.2, 0.25) is 0 Å². The van der Waals surface area contributed by atoms with Gasteiger partial charge >= 0.3 is 5.97 Å². The molecule has 1 saturated heterocycles. The quantitative estimate of drug-likeness (QED) is 0.209. The molecule has 4 heterocycles. The first-order chi connectivity index (χ1) is 20.7. The molecular formula is C33H42ClN7O3. The van der Waals surface area contributed by atoms with Crippen LogP contribution in [-0.2, 0) is 17.8 Å². The summed E-state index contributed by atoms with van der Waals surface area (Å²) in [4.78, 5) is 28.3. The number of nitrogens with zero attached hydrogens (tertiary/aromatic N) is 7. The van der Waals surface area contributed by atoms with Crippen LogP contribution in [0.15, 0.2) is 36.5 Å². The smallest absolute Gasteiger partial charge is 0.340 e. The highest BCUT2D eigenvalue weighted by molar-refractivity contribution is 6.30. The standard InChI is InChI=1S/C33H42ClN7O3/c1-20(2)17-41-30(34)29(22(4)36-41)28-10-9-15-38(28)31(42)24-11-13-26(14-12-24)40-19-25(35-37-40)18-39-21(3)16-27(23(39)5)32(43)44-33(6,7)8/h11-14,16,19-20,28H,9-10,15,17-18H2,1-8H3. The number of benzene rings is 1. The van der Waals surface area contributed by atoms with E-state index in [1.54, 1.807) is 4.68 Å². The number of hydrogen-bond donors (Lipinski definition) is 0. The topological polar surface area (TPSA) is 100 Å².